The van der Waals surface area contributed by atoms with E-state index in [1.807, 2.05) is 30.3 Å². The summed E-state index contributed by atoms with van der Waals surface area (Å²) in [6.45, 7) is 4.20. The lowest BCUT2D eigenvalue weighted by molar-refractivity contribution is 0.596. The van der Waals surface area contributed by atoms with Crippen molar-refractivity contribution < 1.29 is 8.81 Å². The van der Waals surface area contributed by atoms with Gasteiger partial charge in [-0.3, -0.25) is 0 Å². The Balaban J connectivity index is 2.35. The highest BCUT2D eigenvalue weighted by atomic mass is 19.1. The zero-order chi connectivity index (χ0) is 13.4. The molecular formula is C17H15FO. The van der Waals surface area contributed by atoms with Gasteiger partial charge in [-0.15, -0.1) is 0 Å². The third-order valence-corrected chi connectivity index (χ3v) is 3.33. The van der Waals surface area contributed by atoms with Crippen molar-refractivity contribution in [1.82, 2.24) is 0 Å². The highest BCUT2D eigenvalue weighted by Gasteiger charge is 2.20. The van der Waals surface area contributed by atoms with Crippen LogP contribution in [0.1, 0.15) is 25.3 Å². The van der Waals surface area contributed by atoms with Gasteiger partial charge in [0.2, 0.25) is 0 Å². The Labute approximate surface area is 111 Å². The minimum Gasteiger partial charge on any atom is -0.456 e. The van der Waals surface area contributed by atoms with Crippen LogP contribution in [0.4, 0.5) is 4.39 Å². The van der Waals surface area contributed by atoms with Gasteiger partial charge in [-0.25, -0.2) is 4.39 Å². The highest BCUT2D eigenvalue weighted by Crippen LogP contribution is 2.38. The van der Waals surface area contributed by atoms with Gasteiger partial charge in [-0.1, -0.05) is 44.2 Å². The van der Waals surface area contributed by atoms with Crippen molar-refractivity contribution in [2.75, 3.05) is 0 Å². The van der Waals surface area contributed by atoms with Crippen LogP contribution >= 0.6 is 0 Å². The summed E-state index contributed by atoms with van der Waals surface area (Å²) in [7, 11) is 0. The van der Waals surface area contributed by atoms with Gasteiger partial charge in [-0.05, 0) is 24.1 Å². The van der Waals surface area contributed by atoms with Gasteiger partial charge in [0.05, 0.1) is 5.56 Å². The molecule has 2 heteroatoms. The number of hydrogen-bond donors (Lipinski definition) is 0. The van der Waals surface area contributed by atoms with Gasteiger partial charge < -0.3 is 4.42 Å². The Morgan fingerprint density at radius 1 is 0.947 bits per heavy atom. The van der Waals surface area contributed by atoms with E-state index in [9.17, 15) is 4.39 Å². The molecule has 1 aromatic heterocycles. The van der Waals surface area contributed by atoms with Gasteiger partial charge in [0.1, 0.15) is 17.2 Å². The second-order valence-electron chi connectivity index (χ2n) is 4.98. The minimum absolute atomic E-state index is 0.247. The Morgan fingerprint density at radius 3 is 2.37 bits per heavy atom. The molecule has 0 atom stereocenters. The predicted octanol–water partition coefficient (Wildman–Crippen LogP) is 5.36. The Hall–Kier alpha value is -2.09. The molecule has 0 radical (unpaired) electrons. The van der Waals surface area contributed by atoms with E-state index in [0.29, 0.717) is 11.3 Å². The van der Waals surface area contributed by atoms with Gasteiger partial charge in [0.25, 0.3) is 0 Å². The topological polar surface area (TPSA) is 13.1 Å². The monoisotopic (exact) mass is 254 g/mol. The summed E-state index contributed by atoms with van der Waals surface area (Å²) in [5, 5.41) is 1.07. The maximum Gasteiger partial charge on any atom is 0.141 e. The number of para-hydroxylation sites is 1. The lowest BCUT2D eigenvalue weighted by atomic mass is 9.96. The zero-order valence-electron chi connectivity index (χ0n) is 11.0. The average Bonchev–Trinajstić information content (AvgIpc) is 2.78. The molecule has 0 N–H and O–H groups in total. The largest absolute Gasteiger partial charge is 0.456 e. The Kier molecular flexibility index (Phi) is 2.86. The van der Waals surface area contributed by atoms with Gasteiger partial charge in [0.15, 0.2) is 0 Å². The first kappa shape index (κ1) is 12.0. The van der Waals surface area contributed by atoms with Crippen LogP contribution in [0.2, 0.25) is 0 Å². The second-order valence-corrected chi connectivity index (χ2v) is 4.98. The van der Waals surface area contributed by atoms with Crippen molar-refractivity contribution in [2.24, 2.45) is 0 Å². The van der Waals surface area contributed by atoms with Crippen LogP contribution in [-0.2, 0) is 0 Å². The molecule has 0 saturated heterocycles. The van der Waals surface area contributed by atoms with Crippen LogP contribution in [0.5, 0.6) is 0 Å². The maximum atomic E-state index is 14.0. The molecule has 0 unspecified atom stereocenters. The van der Waals surface area contributed by atoms with E-state index in [-0.39, 0.29) is 11.7 Å². The predicted molar refractivity (Wildman–Crippen MR) is 75.7 cm³/mol. The molecule has 0 spiro atoms. The number of furan rings is 1. The molecule has 2 aromatic carbocycles. The highest BCUT2D eigenvalue weighted by molar-refractivity contribution is 5.88. The van der Waals surface area contributed by atoms with E-state index in [1.165, 1.54) is 6.07 Å². The summed E-state index contributed by atoms with van der Waals surface area (Å²) in [4.78, 5) is 0. The van der Waals surface area contributed by atoms with Crippen molar-refractivity contribution >= 4 is 11.0 Å². The molecular weight excluding hydrogens is 239 g/mol. The molecule has 3 aromatic rings. The first-order chi connectivity index (χ1) is 9.18. The molecule has 0 aliphatic carbocycles. The van der Waals surface area contributed by atoms with Crippen molar-refractivity contribution in [1.29, 1.82) is 0 Å². The molecule has 3 rings (SSSR count). The Bertz CT molecular complexity index is 725. The fraction of sp³-hybridized carbons (Fsp3) is 0.176. The third kappa shape index (κ3) is 1.93. The van der Waals surface area contributed by atoms with E-state index in [1.54, 1.807) is 12.1 Å². The van der Waals surface area contributed by atoms with Gasteiger partial charge >= 0.3 is 0 Å². The molecule has 0 amide bonds. The van der Waals surface area contributed by atoms with E-state index >= 15 is 0 Å². The first-order valence-electron chi connectivity index (χ1n) is 6.45. The Morgan fingerprint density at radius 2 is 1.63 bits per heavy atom. The summed E-state index contributed by atoms with van der Waals surface area (Å²) in [5.41, 5.74) is 2.41. The number of fused-ring (bicyclic) bond motifs is 1. The third-order valence-electron chi connectivity index (χ3n) is 3.33. The zero-order valence-corrected chi connectivity index (χ0v) is 11.0. The van der Waals surface area contributed by atoms with E-state index < -0.39 is 0 Å². The van der Waals surface area contributed by atoms with E-state index in [2.05, 4.69) is 13.8 Å². The molecule has 96 valence electrons. The van der Waals surface area contributed by atoms with E-state index in [4.69, 9.17) is 4.42 Å². The number of benzene rings is 2. The minimum atomic E-state index is -0.247. The smallest absolute Gasteiger partial charge is 0.141 e. The average molecular weight is 254 g/mol. The molecule has 0 aliphatic rings. The van der Waals surface area contributed by atoms with Crippen molar-refractivity contribution in [3.05, 3.63) is 59.9 Å². The lowest BCUT2D eigenvalue weighted by Crippen LogP contribution is -1.90. The molecule has 0 bridgehead atoms. The number of hydrogen-bond acceptors (Lipinski definition) is 1. The van der Waals surface area contributed by atoms with Crippen LogP contribution in [0.3, 0.4) is 0 Å². The van der Waals surface area contributed by atoms with Crippen LogP contribution in [0.25, 0.3) is 22.3 Å². The van der Waals surface area contributed by atoms with Crippen molar-refractivity contribution in [3.8, 4) is 11.3 Å². The summed E-state index contributed by atoms with van der Waals surface area (Å²) in [6, 6.07) is 14.6. The fourth-order valence-electron chi connectivity index (χ4n) is 2.48. The quantitative estimate of drug-likeness (QED) is 0.599. The number of halogens is 1. The SMILES string of the molecule is CC(C)c1c(-c2ccccc2F)oc2ccccc12. The lowest BCUT2D eigenvalue weighted by Gasteiger charge is -2.07. The maximum absolute atomic E-state index is 14.0. The summed E-state index contributed by atoms with van der Waals surface area (Å²) in [5.74, 6) is 0.677. The van der Waals surface area contributed by atoms with Crippen molar-refractivity contribution in [2.45, 2.75) is 19.8 Å². The fourth-order valence-corrected chi connectivity index (χ4v) is 2.48. The summed E-state index contributed by atoms with van der Waals surface area (Å²) < 4.78 is 19.9. The van der Waals surface area contributed by atoms with Crippen LogP contribution in [0, 0.1) is 5.82 Å². The normalized spacial score (nSPS) is 11.4. The molecule has 19 heavy (non-hydrogen) atoms. The number of rotatable bonds is 2. The molecule has 0 saturated carbocycles. The van der Waals surface area contributed by atoms with Crippen LogP contribution in [-0.4, -0.2) is 0 Å². The second kappa shape index (κ2) is 4.54. The summed E-state index contributed by atoms with van der Waals surface area (Å²) >= 11 is 0. The first-order valence-corrected chi connectivity index (χ1v) is 6.45. The van der Waals surface area contributed by atoms with Crippen molar-refractivity contribution in [3.63, 3.8) is 0 Å². The molecule has 0 aliphatic heterocycles. The molecule has 1 heterocycles. The summed E-state index contributed by atoms with van der Waals surface area (Å²) in [6.07, 6.45) is 0. The van der Waals surface area contributed by atoms with E-state index in [0.717, 1.165) is 16.5 Å². The van der Waals surface area contributed by atoms with Crippen LogP contribution < -0.4 is 0 Å². The van der Waals surface area contributed by atoms with Gasteiger partial charge in [-0.2, -0.15) is 0 Å². The molecule has 0 fully saturated rings. The standard InChI is InChI=1S/C17H15FO/c1-11(2)16-13-8-4-6-10-15(13)19-17(16)12-7-3-5-9-14(12)18/h3-11H,1-2H3. The van der Waals surface area contributed by atoms with Gasteiger partial charge in [0, 0.05) is 10.9 Å². The molecule has 1 nitrogen and oxygen atoms in total. The van der Waals surface area contributed by atoms with Crippen LogP contribution in [0.15, 0.2) is 52.9 Å².